The van der Waals surface area contributed by atoms with E-state index >= 15 is 0 Å². The van der Waals surface area contributed by atoms with Crippen molar-refractivity contribution >= 4 is 46.0 Å². The summed E-state index contributed by atoms with van der Waals surface area (Å²) in [6.07, 6.45) is 7.07. The Labute approximate surface area is 220 Å². The molecule has 0 radical (unpaired) electrons. The average Bonchev–Trinajstić information content (AvgIpc) is 2.83. The highest BCUT2D eigenvalue weighted by atomic mass is 79.9. The number of aryl methyl sites for hydroxylation is 1. The van der Waals surface area contributed by atoms with Gasteiger partial charge in [-0.1, -0.05) is 15.9 Å². The van der Waals surface area contributed by atoms with Gasteiger partial charge in [0.25, 0.3) is 5.91 Å². The number of hydrogen-bond donors (Lipinski definition) is 2. The highest BCUT2D eigenvalue weighted by molar-refractivity contribution is 9.10. The summed E-state index contributed by atoms with van der Waals surface area (Å²) in [6, 6.07) is 11.3. The third-order valence-corrected chi connectivity index (χ3v) is 6.34. The summed E-state index contributed by atoms with van der Waals surface area (Å²) >= 11 is 3.41. The maximum atomic E-state index is 13.0. The van der Waals surface area contributed by atoms with Crippen LogP contribution in [0.2, 0.25) is 0 Å². The van der Waals surface area contributed by atoms with Crippen molar-refractivity contribution in [3.8, 4) is 11.6 Å². The van der Waals surface area contributed by atoms with Crippen molar-refractivity contribution in [3.63, 3.8) is 0 Å². The fraction of sp³-hybridized carbons (Fsp3) is 0.360. The van der Waals surface area contributed by atoms with Crippen LogP contribution in [0, 0.1) is 6.92 Å². The van der Waals surface area contributed by atoms with E-state index in [1.54, 1.807) is 18.3 Å². The molecule has 0 bridgehead atoms. The van der Waals surface area contributed by atoms with E-state index < -0.39 is 0 Å². The second-order valence-electron chi connectivity index (χ2n) is 8.67. The highest BCUT2D eigenvalue weighted by Gasteiger charge is 2.25. The third-order valence-electron chi connectivity index (χ3n) is 5.81. The Hall–Kier alpha value is -2.91. The van der Waals surface area contributed by atoms with Gasteiger partial charge in [0.1, 0.15) is 17.1 Å². The lowest BCUT2D eigenvalue weighted by atomic mass is 9.91. The average molecular weight is 562 g/mol. The molecule has 0 spiro atoms. The van der Waals surface area contributed by atoms with Gasteiger partial charge in [-0.05, 0) is 69.0 Å². The zero-order valence-electron chi connectivity index (χ0n) is 20.0. The number of amides is 1. The SMILES string of the molecule is Cc1cnc(NC2CCC(NC(=O)c3cccnc3Oc3ccc(Br)cc3)CC2)nc1N(C)C.Cl. The molecule has 2 heterocycles. The Balaban J connectivity index is 0.00000342. The van der Waals surface area contributed by atoms with Crippen LogP contribution in [-0.2, 0) is 0 Å². The molecule has 1 aliphatic rings. The molecule has 186 valence electrons. The summed E-state index contributed by atoms with van der Waals surface area (Å²) in [5.41, 5.74) is 1.47. The van der Waals surface area contributed by atoms with Crippen LogP contribution in [0.3, 0.4) is 0 Å². The first kappa shape index (κ1) is 26.7. The lowest BCUT2D eigenvalue weighted by Crippen LogP contribution is -2.40. The van der Waals surface area contributed by atoms with Crippen LogP contribution >= 0.6 is 28.3 Å². The van der Waals surface area contributed by atoms with Gasteiger partial charge in [-0.25, -0.2) is 9.97 Å². The van der Waals surface area contributed by atoms with Crippen molar-refractivity contribution in [1.82, 2.24) is 20.3 Å². The Kier molecular flexibility index (Phi) is 9.28. The molecule has 8 nitrogen and oxygen atoms in total. The van der Waals surface area contributed by atoms with Gasteiger partial charge in [0.15, 0.2) is 0 Å². The van der Waals surface area contributed by atoms with Gasteiger partial charge in [0, 0.05) is 48.6 Å². The minimum absolute atomic E-state index is 0. The summed E-state index contributed by atoms with van der Waals surface area (Å²) in [4.78, 5) is 28.3. The first-order chi connectivity index (χ1) is 16.4. The summed E-state index contributed by atoms with van der Waals surface area (Å²) in [5.74, 6) is 2.31. The maximum absolute atomic E-state index is 13.0. The van der Waals surface area contributed by atoms with E-state index in [1.165, 1.54) is 0 Å². The molecule has 2 N–H and O–H groups in total. The number of aromatic nitrogens is 3. The van der Waals surface area contributed by atoms with E-state index in [9.17, 15) is 4.79 Å². The van der Waals surface area contributed by atoms with E-state index in [0.29, 0.717) is 23.1 Å². The second-order valence-corrected chi connectivity index (χ2v) is 9.59. The predicted molar refractivity (Wildman–Crippen MR) is 144 cm³/mol. The quantitative estimate of drug-likeness (QED) is 0.400. The van der Waals surface area contributed by atoms with Crippen LogP contribution in [0.4, 0.5) is 11.8 Å². The van der Waals surface area contributed by atoms with Gasteiger partial charge < -0.3 is 20.3 Å². The van der Waals surface area contributed by atoms with E-state index in [1.807, 2.05) is 56.4 Å². The summed E-state index contributed by atoms with van der Waals surface area (Å²) < 4.78 is 6.83. The summed E-state index contributed by atoms with van der Waals surface area (Å²) in [7, 11) is 3.95. The smallest absolute Gasteiger partial charge is 0.257 e. The van der Waals surface area contributed by atoms with E-state index in [-0.39, 0.29) is 30.4 Å². The minimum Gasteiger partial charge on any atom is -0.438 e. The molecular formula is C25H30BrClN6O2. The molecule has 1 aliphatic carbocycles. The van der Waals surface area contributed by atoms with Gasteiger partial charge >= 0.3 is 0 Å². The monoisotopic (exact) mass is 560 g/mol. The lowest BCUT2D eigenvalue weighted by molar-refractivity contribution is 0.0923. The van der Waals surface area contributed by atoms with Crippen LogP contribution in [0.15, 0.2) is 53.3 Å². The molecule has 0 aliphatic heterocycles. The number of carbonyl (C=O) groups is 1. The second kappa shape index (κ2) is 12.2. The number of halogens is 2. The number of benzene rings is 1. The molecule has 1 saturated carbocycles. The van der Waals surface area contributed by atoms with Gasteiger partial charge in [-0.2, -0.15) is 4.98 Å². The van der Waals surface area contributed by atoms with E-state index in [0.717, 1.165) is 41.5 Å². The molecule has 10 heteroatoms. The van der Waals surface area contributed by atoms with Gasteiger partial charge in [0.05, 0.1) is 0 Å². The van der Waals surface area contributed by atoms with Crippen LogP contribution < -0.4 is 20.3 Å². The van der Waals surface area contributed by atoms with E-state index in [2.05, 4.69) is 41.5 Å². The molecule has 1 amide bonds. The van der Waals surface area contributed by atoms with Gasteiger partial charge in [-0.3, -0.25) is 4.79 Å². The first-order valence-corrected chi connectivity index (χ1v) is 12.1. The third kappa shape index (κ3) is 7.05. The maximum Gasteiger partial charge on any atom is 0.257 e. The number of nitrogens with one attached hydrogen (secondary N) is 2. The van der Waals surface area contributed by atoms with Crippen molar-refractivity contribution in [1.29, 1.82) is 0 Å². The molecule has 0 unspecified atom stereocenters. The molecule has 4 rings (SSSR count). The molecule has 0 atom stereocenters. The summed E-state index contributed by atoms with van der Waals surface area (Å²) in [6.45, 7) is 2.00. The van der Waals surface area contributed by atoms with Crippen molar-refractivity contribution in [2.24, 2.45) is 0 Å². The molecule has 35 heavy (non-hydrogen) atoms. The molecular weight excluding hydrogens is 532 g/mol. The van der Waals surface area contributed by atoms with Crippen LogP contribution in [-0.4, -0.2) is 47.0 Å². The Morgan fingerprint density at radius 3 is 2.43 bits per heavy atom. The number of ether oxygens (including phenoxy) is 1. The normalized spacial score (nSPS) is 17.1. The topological polar surface area (TPSA) is 92.3 Å². The molecule has 0 saturated heterocycles. The van der Waals surface area contributed by atoms with Crippen molar-refractivity contribution < 1.29 is 9.53 Å². The predicted octanol–water partition coefficient (Wildman–Crippen LogP) is 5.38. The summed E-state index contributed by atoms with van der Waals surface area (Å²) in [5, 5.41) is 6.61. The van der Waals surface area contributed by atoms with Crippen LogP contribution in [0.5, 0.6) is 11.6 Å². The van der Waals surface area contributed by atoms with Crippen LogP contribution in [0.25, 0.3) is 0 Å². The fourth-order valence-corrected chi connectivity index (χ4v) is 4.31. The number of anilines is 2. The van der Waals surface area contributed by atoms with Crippen molar-refractivity contribution in [2.75, 3.05) is 24.3 Å². The number of pyridine rings is 1. The molecule has 2 aromatic heterocycles. The number of rotatable bonds is 7. The van der Waals surface area contributed by atoms with E-state index in [4.69, 9.17) is 4.74 Å². The first-order valence-electron chi connectivity index (χ1n) is 11.4. The zero-order chi connectivity index (χ0) is 24.1. The lowest BCUT2D eigenvalue weighted by Gasteiger charge is -2.30. The highest BCUT2D eigenvalue weighted by Crippen LogP contribution is 2.26. The Bertz CT molecular complexity index is 1140. The molecule has 1 aromatic carbocycles. The fourth-order valence-electron chi connectivity index (χ4n) is 4.04. The van der Waals surface area contributed by atoms with Crippen LogP contribution in [0.1, 0.15) is 41.6 Å². The number of carbonyl (C=O) groups excluding carboxylic acids is 1. The van der Waals surface area contributed by atoms with Gasteiger partial charge in [-0.15, -0.1) is 12.4 Å². The molecule has 1 fully saturated rings. The Morgan fingerprint density at radius 1 is 1.06 bits per heavy atom. The molecule has 3 aromatic rings. The largest absolute Gasteiger partial charge is 0.438 e. The Morgan fingerprint density at radius 2 is 1.74 bits per heavy atom. The minimum atomic E-state index is -0.172. The zero-order valence-corrected chi connectivity index (χ0v) is 22.4. The van der Waals surface area contributed by atoms with Gasteiger partial charge in [0.2, 0.25) is 11.8 Å². The van der Waals surface area contributed by atoms with Crippen molar-refractivity contribution in [3.05, 3.63) is 64.4 Å². The standard InChI is InChI=1S/C25H29BrN6O2.ClH/c1-16-15-28-25(31-22(16)32(2)3)30-19-10-8-18(9-11-19)29-23(33)21-5-4-14-27-24(21)34-20-12-6-17(26)7-13-20;/h4-7,12-15,18-19H,8-11H2,1-3H3,(H,29,33)(H,28,30,31);1H. The number of hydrogen-bond acceptors (Lipinski definition) is 7. The number of nitrogens with zero attached hydrogens (tertiary/aromatic N) is 4. The van der Waals surface area contributed by atoms with Crippen molar-refractivity contribution in [2.45, 2.75) is 44.7 Å².